The van der Waals surface area contributed by atoms with Crippen LogP contribution in [0.15, 0.2) is 84.9 Å². The molecular formula is C31H28N2O3. The van der Waals surface area contributed by atoms with Gasteiger partial charge in [-0.15, -0.1) is 0 Å². The van der Waals surface area contributed by atoms with Crippen LogP contribution >= 0.6 is 0 Å². The summed E-state index contributed by atoms with van der Waals surface area (Å²) < 4.78 is 12.6. The number of hydrogen-bond acceptors (Lipinski definition) is 5. The molecule has 1 spiro atoms. The fourth-order valence-electron chi connectivity index (χ4n) is 5.37. The van der Waals surface area contributed by atoms with Gasteiger partial charge in [0.2, 0.25) is 0 Å². The van der Waals surface area contributed by atoms with Crippen molar-refractivity contribution in [3.63, 3.8) is 0 Å². The van der Waals surface area contributed by atoms with Gasteiger partial charge in [0.25, 0.3) is 0 Å². The van der Waals surface area contributed by atoms with E-state index in [2.05, 4.69) is 48.3 Å². The fourth-order valence-corrected chi connectivity index (χ4v) is 5.37. The lowest BCUT2D eigenvalue weighted by atomic mass is 9.77. The Hall–Kier alpha value is -4.25. The molecule has 0 aromatic heterocycles. The highest BCUT2D eigenvalue weighted by Gasteiger charge is 2.53. The van der Waals surface area contributed by atoms with Gasteiger partial charge < -0.3 is 19.7 Å². The Morgan fingerprint density at radius 2 is 1.44 bits per heavy atom. The summed E-state index contributed by atoms with van der Waals surface area (Å²) in [4.78, 5) is 15.3. The standard InChI is InChI=1S/C31H28N2O3/c1-4-33(5-2)23-14-11-21(12-15-23)32-22-13-17-27-29(19-22)35-28-18-20(3)10-16-26(28)31(27)25-9-7-6-8-24(25)30(34)36-31/h6-19,32H,4-5H2,1-3H3. The van der Waals surface area contributed by atoms with Gasteiger partial charge in [-0.05, 0) is 74.9 Å². The number of esters is 1. The summed E-state index contributed by atoms with van der Waals surface area (Å²) >= 11 is 0. The third kappa shape index (κ3) is 3.34. The number of benzene rings is 4. The lowest BCUT2D eigenvalue weighted by molar-refractivity contribution is 0.0224. The first-order valence-electron chi connectivity index (χ1n) is 12.4. The first-order chi connectivity index (χ1) is 17.5. The SMILES string of the molecule is CCN(CC)c1ccc(Nc2ccc3c(c2)Oc2cc(C)ccc2C32OC(=O)c3ccccc32)cc1. The fraction of sp³-hybridized carbons (Fsp3) is 0.194. The van der Waals surface area contributed by atoms with E-state index in [9.17, 15) is 4.79 Å². The van der Waals surface area contributed by atoms with Gasteiger partial charge in [0.1, 0.15) is 11.5 Å². The normalized spacial score (nSPS) is 17.0. The topological polar surface area (TPSA) is 50.8 Å². The van der Waals surface area contributed by atoms with E-state index in [0.717, 1.165) is 46.7 Å². The van der Waals surface area contributed by atoms with Crippen molar-refractivity contribution in [2.24, 2.45) is 0 Å². The van der Waals surface area contributed by atoms with Gasteiger partial charge in [-0.3, -0.25) is 0 Å². The third-order valence-corrected chi connectivity index (χ3v) is 7.15. The Morgan fingerprint density at radius 1 is 0.778 bits per heavy atom. The Morgan fingerprint density at radius 3 is 2.19 bits per heavy atom. The zero-order chi connectivity index (χ0) is 24.9. The predicted octanol–water partition coefficient (Wildman–Crippen LogP) is 7.15. The van der Waals surface area contributed by atoms with Gasteiger partial charge >= 0.3 is 5.97 Å². The van der Waals surface area contributed by atoms with Crippen molar-refractivity contribution in [2.75, 3.05) is 23.3 Å². The molecule has 6 rings (SSSR count). The number of hydrogen-bond donors (Lipinski definition) is 1. The van der Waals surface area contributed by atoms with Crippen LogP contribution in [0.2, 0.25) is 0 Å². The Bertz CT molecular complexity index is 1470. The van der Waals surface area contributed by atoms with Crippen LogP contribution in [-0.2, 0) is 10.3 Å². The zero-order valence-electron chi connectivity index (χ0n) is 20.7. The monoisotopic (exact) mass is 476 g/mol. The van der Waals surface area contributed by atoms with Gasteiger partial charge in [0.05, 0.1) is 5.56 Å². The maximum absolute atomic E-state index is 13.0. The molecule has 5 nitrogen and oxygen atoms in total. The summed E-state index contributed by atoms with van der Waals surface area (Å²) in [5, 5.41) is 3.49. The number of carbonyl (C=O) groups excluding carboxylic acids is 1. The molecule has 2 aliphatic heterocycles. The molecule has 180 valence electrons. The number of carbonyl (C=O) groups is 1. The van der Waals surface area contributed by atoms with Crippen molar-refractivity contribution in [2.45, 2.75) is 26.4 Å². The van der Waals surface area contributed by atoms with E-state index in [1.165, 1.54) is 5.69 Å². The largest absolute Gasteiger partial charge is 0.456 e. The summed E-state index contributed by atoms with van der Waals surface area (Å²) in [5.41, 5.74) is 6.23. The highest BCUT2D eigenvalue weighted by atomic mass is 16.6. The average molecular weight is 477 g/mol. The van der Waals surface area contributed by atoms with Gasteiger partial charge in [-0.25, -0.2) is 4.79 Å². The third-order valence-electron chi connectivity index (χ3n) is 7.15. The zero-order valence-corrected chi connectivity index (χ0v) is 20.7. The highest BCUT2D eigenvalue weighted by molar-refractivity contribution is 5.97. The molecule has 1 N–H and O–H groups in total. The number of nitrogens with one attached hydrogen (secondary N) is 1. The molecule has 5 heteroatoms. The van der Waals surface area contributed by atoms with Crippen molar-refractivity contribution in [3.05, 3.63) is 113 Å². The van der Waals surface area contributed by atoms with Crippen molar-refractivity contribution < 1.29 is 14.3 Å². The van der Waals surface area contributed by atoms with E-state index in [4.69, 9.17) is 9.47 Å². The number of ether oxygens (including phenoxy) is 2. The van der Waals surface area contributed by atoms with Gasteiger partial charge in [-0.2, -0.15) is 0 Å². The molecule has 1 atom stereocenters. The van der Waals surface area contributed by atoms with Crippen LogP contribution in [0.5, 0.6) is 11.5 Å². The summed E-state index contributed by atoms with van der Waals surface area (Å²) in [6.45, 7) is 8.30. The quantitative estimate of drug-likeness (QED) is 0.310. The Balaban J connectivity index is 1.42. The minimum absolute atomic E-state index is 0.319. The molecule has 0 fully saturated rings. The number of anilines is 3. The molecule has 0 amide bonds. The van der Waals surface area contributed by atoms with Crippen LogP contribution in [0.4, 0.5) is 17.1 Å². The number of aryl methyl sites for hydroxylation is 1. The highest BCUT2D eigenvalue weighted by Crippen LogP contribution is 2.56. The van der Waals surface area contributed by atoms with E-state index in [-0.39, 0.29) is 5.97 Å². The second-order valence-electron chi connectivity index (χ2n) is 9.27. The van der Waals surface area contributed by atoms with Gasteiger partial charge in [-0.1, -0.05) is 30.3 Å². The van der Waals surface area contributed by atoms with E-state index in [1.807, 2.05) is 67.6 Å². The molecule has 2 aliphatic rings. The summed E-state index contributed by atoms with van der Waals surface area (Å²) in [6.07, 6.45) is 0. The van der Waals surface area contributed by atoms with E-state index in [1.54, 1.807) is 0 Å². The van der Waals surface area contributed by atoms with Crippen molar-refractivity contribution >= 4 is 23.0 Å². The summed E-state index contributed by atoms with van der Waals surface area (Å²) in [7, 11) is 0. The number of rotatable bonds is 5. The maximum Gasteiger partial charge on any atom is 0.340 e. The molecule has 2 heterocycles. The first-order valence-corrected chi connectivity index (χ1v) is 12.4. The molecule has 0 aliphatic carbocycles. The van der Waals surface area contributed by atoms with Crippen molar-refractivity contribution in [1.82, 2.24) is 0 Å². The Labute approximate surface area is 211 Å². The van der Waals surface area contributed by atoms with Gasteiger partial charge in [0, 0.05) is 52.9 Å². The maximum atomic E-state index is 13.0. The van der Waals surface area contributed by atoms with E-state index < -0.39 is 5.60 Å². The molecule has 0 radical (unpaired) electrons. The smallest absolute Gasteiger partial charge is 0.340 e. The second kappa shape index (κ2) is 8.45. The lowest BCUT2D eigenvalue weighted by Gasteiger charge is -2.36. The van der Waals surface area contributed by atoms with Crippen molar-refractivity contribution in [3.8, 4) is 11.5 Å². The predicted molar refractivity (Wildman–Crippen MR) is 143 cm³/mol. The van der Waals surface area contributed by atoms with Crippen LogP contribution in [0.25, 0.3) is 0 Å². The summed E-state index contributed by atoms with van der Waals surface area (Å²) in [6, 6.07) is 28.1. The summed E-state index contributed by atoms with van der Waals surface area (Å²) in [5.74, 6) is 1.05. The molecule has 1 unspecified atom stereocenters. The minimum Gasteiger partial charge on any atom is -0.456 e. The molecule has 4 aromatic rings. The van der Waals surface area contributed by atoms with Crippen LogP contribution in [-0.4, -0.2) is 19.1 Å². The first kappa shape index (κ1) is 22.2. The average Bonchev–Trinajstić information content (AvgIpc) is 3.18. The van der Waals surface area contributed by atoms with Crippen LogP contribution in [0.3, 0.4) is 0 Å². The van der Waals surface area contributed by atoms with E-state index >= 15 is 0 Å². The van der Waals surface area contributed by atoms with Crippen LogP contribution < -0.4 is 15.0 Å². The van der Waals surface area contributed by atoms with E-state index in [0.29, 0.717) is 17.1 Å². The molecule has 0 saturated carbocycles. The lowest BCUT2D eigenvalue weighted by Crippen LogP contribution is -2.33. The number of fused-ring (bicyclic) bond motifs is 6. The number of nitrogens with zero attached hydrogens (tertiary/aromatic N) is 1. The molecule has 4 aromatic carbocycles. The van der Waals surface area contributed by atoms with Crippen LogP contribution in [0, 0.1) is 6.92 Å². The molecule has 36 heavy (non-hydrogen) atoms. The Kier molecular flexibility index (Phi) is 5.22. The second-order valence-corrected chi connectivity index (χ2v) is 9.27. The van der Waals surface area contributed by atoms with Gasteiger partial charge in [0.15, 0.2) is 5.60 Å². The minimum atomic E-state index is -1.03. The van der Waals surface area contributed by atoms with Crippen molar-refractivity contribution in [1.29, 1.82) is 0 Å². The van der Waals surface area contributed by atoms with Crippen LogP contribution in [0.1, 0.15) is 46.5 Å². The molecule has 0 saturated heterocycles. The molecule has 0 bridgehead atoms. The molecular weight excluding hydrogens is 448 g/mol.